The van der Waals surface area contributed by atoms with Gasteiger partial charge in [-0.15, -0.1) is 4.33 Å². The number of rotatable bonds is 10. The molecule has 0 radical (unpaired) electrons. The van der Waals surface area contributed by atoms with Crippen molar-refractivity contribution in [1.82, 2.24) is 0 Å². The quantitative estimate of drug-likeness (QED) is 0.0609. The van der Waals surface area contributed by atoms with E-state index in [-0.39, 0.29) is 16.9 Å². The number of methoxy groups -OCH3 is 1. The highest BCUT2D eigenvalue weighted by molar-refractivity contribution is 7.94. The lowest BCUT2D eigenvalue weighted by Gasteiger charge is -2.17. The summed E-state index contributed by atoms with van der Waals surface area (Å²) in [5.41, 5.74) is 6.45. The molecule has 220 valence electrons. The molecule has 0 aliphatic carbocycles. The van der Waals surface area contributed by atoms with Crippen molar-refractivity contribution in [3.63, 3.8) is 0 Å². The van der Waals surface area contributed by atoms with Gasteiger partial charge in [0.2, 0.25) is 0 Å². The Morgan fingerprint density at radius 3 is 1.79 bits per heavy atom. The van der Waals surface area contributed by atoms with Crippen molar-refractivity contribution < 1.29 is 41.9 Å². The van der Waals surface area contributed by atoms with Crippen LogP contribution in [0.25, 0.3) is 11.1 Å². The van der Waals surface area contributed by atoms with Crippen LogP contribution in [0, 0.1) is 34.6 Å². The van der Waals surface area contributed by atoms with Gasteiger partial charge in [-0.2, -0.15) is 8.42 Å². The van der Waals surface area contributed by atoms with Crippen LogP contribution in [0.4, 0.5) is 0 Å². The fourth-order valence-electron chi connectivity index (χ4n) is 4.81. The predicted molar refractivity (Wildman–Crippen MR) is 159 cm³/mol. The van der Waals surface area contributed by atoms with Crippen molar-refractivity contribution in [2.24, 2.45) is 0 Å². The summed E-state index contributed by atoms with van der Waals surface area (Å²) in [6, 6.07) is 16.5. The van der Waals surface area contributed by atoms with E-state index in [0.717, 1.165) is 50.8 Å². The number of ketones is 1. The molecule has 0 atom stereocenters. The van der Waals surface area contributed by atoms with Crippen LogP contribution in [0.2, 0.25) is 0 Å². The highest BCUT2D eigenvalue weighted by Crippen LogP contribution is 2.38. The maximum atomic E-state index is 13.2. The molecule has 4 rings (SSSR count). The van der Waals surface area contributed by atoms with E-state index in [1.54, 1.807) is 26.2 Å². The van der Waals surface area contributed by atoms with Crippen LogP contribution < -0.4 is 9.47 Å². The van der Waals surface area contributed by atoms with Crippen molar-refractivity contribution in [1.29, 1.82) is 0 Å². The van der Waals surface area contributed by atoms with Crippen LogP contribution in [0.1, 0.15) is 43.7 Å². The monoisotopic (exact) mass is 610 g/mol. The highest BCUT2D eigenvalue weighted by Gasteiger charge is 2.23. The SMILES string of the molecule is COc1c(C)cc(-c2cc(C)c(Oc3ccc(C(=O)c4ccc(C)c(SOOO)c4)cc3S(=O)(=O)O)c(C)c2)cc1C. The van der Waals surface area contributed by atoms with Crippen molar-refractivity contribution in [2.75, 3.05) is 7.11 Å². The first-order valence-electron chi connectivity index (χ1n) is 12.7. The Labute approximate surface area is 248 Å². The third kappa shape index (κ3) is 6.67. The van der Waals surface area contributed by atoms with E-state index in [4.69, 9.17) is 14.7 Å². The molecule has 0 unspecified atom stereocenters. The van der Waals surface area contributed by atoms with Crippen LogP contribution >= 0.6 is 12.0 Å². The lowest BCUT2D eigenvalue weighted by Crippen LogP contribution is -2.07. The first kappa shape index (κ1) is 31.2. The minimum Gasteiger partial charge on any atom is -0.496 e. The molecule has 0 fully saturated rings. The first-order chi connectivity index (χ1) is 19.8. The molecular formula is C31H30O9S2. The minimum absolute atomic E-state index is 0.0168. The molecule has 4 aromatic carbocycles. The number of hydrogen-bond acceptors (Lipinski definition) is 9. The summed E-state index contributed by atoms with van der Waals surface area (Å²) in [6.45, 7) is 9.43. The van der Waals surface area contributed by atoms with E-state index in [1.165, 1.54) is 18.2 Å². The fourth-order valence-corrected chi connectivity index (χ4v) is 5.93. The van der Waals surface area contributed by atoms with Gasteiger partial charge in [-0.25, -0.2) is 5.26 Å². The maximum absolute atomic E-state index is 13.2. The molecule has 0 saturated carbocycles. The molecule has 0 amide bonds. The Morgan fingerprint density at radius 1 is 0.738 bits per heavy atom. The minimum atomic E-state index is -4.77. The summed E-state index contributed by atoms with van der Waals surface area (Å²) in [4.78, 5) is 13.2. The second-order valence-corrected chi connectivity index (χ2v) is 12.0. The van der Waals surface area contributed by atoms with Crippen molar-refractivity contribution in [3.8, 4) is 28.4 Å². The Bertz CT molecular complexity index is 1730. The van der Waals surface area contributed by atoms with E-state index in [2.05, 4.69) is 9.37 Å². The zero-order valence-corrected chi connectivity index (χ0v) is 25.5. The summed E-state index contributed by atoms with van der Waals surface area (Å²) in [5, 5.41) is 12.1. The van der Waals surface area contributed by atoms with Crippen molar-refractivity contribution >= 4 is 27.9 Å². The molecule has 0 bridgehead atoms. The number of benzene rings is 4. The average molecular weight is 611 g/mol. The zero-order valence-electron chi connectivity index (χ0n) is 23.8. The maximum Gasteiger partial charge on any atom is 0.298 e. The number of carbonyl (C=O) groups excluding carboxylic acids is 1. The van der Waals surface area contributed by atoms with E-state index >= 15 is 0 Å². The molecular weight excluding hydrogens is 580 g/mol. The largest absolute Gasteiger partial charge is 0.496 e. The second kappa shape index (κ2) is 12.7. The molecule has 0 aliphatic rings. The lowest BCUT2D eigenvalue weighted by molar-refractivity contribution is -0.432. The van der Waals surface area contributed by atoms with Crippen LogP contribution in [-0.4, -0.2) is 31.1 Å². The van der Waals surface area contributed by atoms with Gasteiger partial charge in [0, 0.05) is 16.0 Å². The topological polar surface area (TPSA) is 129 Å². The molecule has 2 N–H and O–H groups in total. The van der Waals surface area contributed by atoms with Crippen LogP contribution in [-0.2, 0) is 19.5 Å². The highest BCUT2D eigenvalue weighted by atomic mass is 32.2. The Morgan fingerprint density at radius 2 is 1.26 bits per heavy atom. The molecule has 0 aliphatic heterocycles. The molecule has 0 spiro atoms. The van der Waals surface area contributed by atoms with E-state index < -0.39 is 20.8 Å². The summed E-state index contributed by atoms with van der Waals surface area (Å²) >= 11 is 0.704. The molecule has 11 heteroatoms. The van der Waals surface area contributed by atoms with Gasteiger partial charge < -0.3 is 9.47 Å². The smallest absolute Gasteiger partial charge is 0.298 e. The Balaban J connectivity index is 1.70. The fraction of sp³-hybridized carbons (Fsp3) is 0.194. The Kier molecular flexibility index (Phi) is 9.41. The predicted octanol–water partition coefficient (Wildman–Crippen LogP) is 7.60. The van der Waals surface area contributed by atoms with Crippen molar-refractivity contribution in [3.05, 3.63) is 99.6 Å². The van der Waals surface area contributed by atoms with Gasteiger partial charge in [0.1, 0.15) is 22.1 Å². The van der Waals surface area contributed by atoms with Gasteiger partial charge in [0.25, 0.3) is 10.1 Å². The molecule has 0 heterocycles. The summed E-state index contributed by atoms with van der Waals surface area (Å²) in [6.07, 6.45) is 0. The number of aryl methyl sites for hydroxylation is 5. The first-order valence-corrected chi connectivity index (χ1v) is 14.9. The van der Waals surface area contributed by atoms with E-state index in [0.29, 0.717) is 22.7 Å². The summed E-state index contributed by atoms with van der Waals surface area (Å²) in [5.74, 6) is 0.632. The van der Waals surface area contributed by atoms with Crippen LogP contribution in [0.5, 0.6) is 17.2 Å². The molecule has 4 aromatic rings. The number of carbonyl (C=O) groups is 1. The summed E-state index contributed by atoms with van der Waals surface area (Å²) < 4.78 is 50.8. The second-order valence-electron chi connectivity index (χ2n) is 9.86. The molecule has 0 aromatic heterocycles. The third-order valence-electron chi connectivity index (χ3n) is 6.76. The van der Waals surface area contributed by atoms with Crippen molar-refractivity contribution in [2.45, 2.75) is 44.4 Å². The van der Waals surface area contributed by atoms with Gasteiger partial charge in [-0.05, 0) is 122 Å². The van der Waals surface area contributed by atoms with E-state index in [9.17, 15) is 17.8 Å². The van der Waals surface area contributed by atoms with Crippen LogP contribution in [0.3, 0.4) is 0 Å². The number of hydrogen-bond donors (Lipinski definition) is 2. The number of ether oxygens (including phenoxy) is 2. The van der Waals surface area contributed by atoms with Gasteiger partial charge in [0.05, 0.1) is 19.2 Å². The third-order valence-corrected chi connectivity index (χ3v) is 8.38. The Hall–Kier alpha value is -3.71. The van der Waals surface area contributed by atoms with E-state index in [1.807, 2.05) is 52.0 Å². The summed E-state index contributed by atoms with van der Waals surface area (Å²) in [7, 11) is -3.13. The van der Waals surface area contributed by atoms with Gasteiger partial charge >= 0.3 is 0 Å². The van der Waals surface area contributed by atoms with Gasteiger partial charge in [-0.1, -0.05) is 17.2 Å². The van der Waals surface area contributed by atoms with Gasteiger partial charge in [0.15, 0.2) is 5.78 Å². The lowest BCUT2D eigenvalue weighted by atomic mass is 9.96. The molecule has 42 heavy (non-hydrogen) atoms. The molecule has 9 nitrogen and oxygen atoms in total. The average Bonchev–Trinajstić information content (AvgIpc) is 2.93. The van der Waals surface area contributed by atoms with Crippen LogP contribution in [0.15, 0.2) is 70.5 Å². The molecule has 0 saturated heterocycles. The van der Waals surface area contributed by atoms with Gasteiger partial charge in [-0.3, -0.25) is 9.35 Å². The standard InChI is InChI=1S/C31H30O9S2/c1-17-7-8-22(15-27(17)41-40-39-33)29(32)23-9-10-26(28(16-23)42(34,35)36)38-31-20(4)13-25(14-21(31)5)24-11-18(2)30(37-6)19(3)12-24/h7-16,33H,1-6H3,(H,34,35,36). The normalized spacial score (nSPS) is 11.4. The zero-order chi connectivity index (χ0) is 30.8.